The third-order valence-electron chi connectivity index (χ3n) is 7.38. The first-order valence-electron chi connectivity index (χ1n) is 11.9. The fraction of sp³-hybridized carbons (Fsp3) is 0.462. The van der Waals surface area contributed by atoms with Gasteiger partial charge in [0.15, 0.2) is 23.0 Å². The summed E-state index contributed by atoms with van der Waals surface area (Å²) in [6, 6.07) is 6.32. The molecule has 0 bridgehead atoms. The van der Waals surface area contributed by atoms with Crippen LogP contribution >= 0.6 is 0 Å². The van der Waals surface area contributed by atoms with Crippen molar-refractivity contribution in [2.75, 3.05) is 54.8 Å². The number of ether oxygens (including phenoxy) is 5. The summed E-state index contributed by atoms with van der Waals surface area (Å²) in [6.45, 7) is 0.873. The molecule has 2 N–H and O–H groups in total. The van der Waals surface area contributed by atoms with E-state index in [-0.39, 0.29) is 37.2 Å². The summed E-state index contributed by atoms with van der Waals surface area (Å²) >= 11 is 0. The van der Waals surface area contributed by atoms with Gasteiger partial charge in [-0.1, -0.05) is 0 Å². The Bertz CT molecular complexity index is 1210. The fourth-order valence-corrected chi connectivity index (χ4v) is 5.69. The average Bonchev–Trinajstić information content (AvgIpc) is 3.48. The largest absolute Gasteiger partial charge is 0.502 e. The highest BCUT2D eigenvalue weighted by molar-refractivity contribution is 5.79. The van der Waals surface area contributed by atoms with Gasteiger partial charge in [-0.3, -0.25) is 9.69 Å². The molecule has 3 aliphatic rings. The molecular weight excluding hydrogens is 484 g/mol. The Balaban J connectivity index is 1.73. The number of phenols is 1. The van der Waals surface area contributed by atoms with Gasteiger partial charge in [-0.25, -0.2) is 4.79 Å². The second-order valence-corrected chi connectivity index (χ2v) is 9.63. The number of fused-ring (bicyclic) bond motifs is 3. The molecule has 11 nitrogen and oxygen atoms in total. The molecule has 0 unspecified atom stereocenters. The third-order valence-corrected chi connectivity index (χ3v) is 7.38. The van der Waals surface area contributed by atoms with Crippen molar-refractivity contribution in [2.45, 2.75) is 12.0 Å². The molecule has 0 radical (unpaired) electrons. The summed E-state index contributed by atoms with van der Waals surface area (Å²) in [6.07, 6.45) is -1.08. The Kier molecular flexibility index (Phi) is 6.40. The lowest BCUT2D eigenvalue weighted by atomic mass is 9.65. The predicted molar refractivity (Wildman–Crippen MR) is 130 cm³/mol. The summed E-state index contributed by atoms with van der Waals surface area (Å²) in [4.78, 5) is 29.1. The van der Waals surface area contributed by atoms with Gasteiger partial charge in [0.1, 0.15) is 0 Å². The monoisotopic (exact) mass is 514 g/mol. The van der Waals surface area contributed by atoms with E-state index in [2.05, 4.69) is 0 Å². The first-order chi connectivity index (χ1) is 17.7. The van der Waals surface area contributed by atoms with E-state index >= 15 is 0 Å². The number of esters is 1. The van der Waals surface area contributed by atoms with E-state index in [4.69, 9.17) is 23.7 Å². The van der Waals surface area contributed by atoms with E-state index < -0.39 is 35.9 Å². The first kappa shape index (κ1) is 24.8. The zero-order valence-electron chi connectivity index (χ0n) is 21.1. The van der Waals surface area contributed by atoms with E-state index in [1.807, 2.05) is 31.1 Å². The SMILES string of the molecule is COc1cc([C@@H]2c3cc4c(cc3[C@@H](N(CCN(C)C)C(=O)O)[C@H]3COC(=O)[C@@H]23)OCO4)cc(OC)c1O. The molecule has 1 saturated heterocycles. The van der Waals surface area contributed by atoms with Gasteiger partial charge in [0, 0.05) is 24.9 Å². The molecule has 2 aromatic rings. The molecule has 2 heterocycles. The van der Waals surface area contributed by atoms with Crippen LogP contribution in [0.25, 0.3) is 0 Å². The third kappa shape index (κ3) is 4.12. The van der Waals surface area contributed by atoms with E-state index in [9.17, 15) is 19.8 Å². The number of carbonyl (C=O) groups is 2. The number of hydrogen-bond donors (Lipinski definition) is 2. The summed E-state index contributed by atoms with van der Waals surface area (Å²) in [5, 5.41) is 20.8. The average molecular weight is 515 g/mol. The molecule has 2 aliphatic heterocycles. The highest BCUT2D eigenvalue weighted by Crippen LogP contribution is 2.56. The van der Waals surface area contributed by atoms with Crippen LogP contribution in [-0.2, 0) is 9.53 Å². The van der Waals surface area contributed by atoms with Crippen molar-refractivity contribution < 1.29 is 43.5 Å². The van der Waals surface area contributed by atoms with Crippen molar-refractivity contribution in [3.8, 4) is 28.7 Å². The van der Waals surface area contributed by atoms with Crippen LogP contribution in [0.15, 0.2) is 24.3 Å². The lowest BCUT2D eigenvalue weighted by Gasteiger charge is -2.43. The fourth-order valence-electron chi connectivity index (χ4n) is 5.69. The van der Waals surface area contributed by atoms with Crippen LogP contribution in [0.3, 0.4) is 0 Å². The number of likely N-dealkylation sites (N-methyl/N-ethyl adjacent to an activating group) is 1. The molecule has 11 heteroatoms. The molecule has 0 spiro atoms. The summed E-state index contributed by atoms with van der Waals surface area (Å²) in [5.41, 5.74) is 2.11. The Hall–Kier alpha value is -3.86. The Morgan fingerprint density at radius 2 is 1.62 bits per heavy atom. The maximum absolute atomic E-state index is 13.3. The minimum Gasteiger partial charge on any atom is -0.502 e. The number of methoxy groups -OCH3 is 2. The van der Waals surface area contributed by atoms with Gasteiger partial charge in [0.2, 0.25) is 12.5 Å². The molecule has 0 aromatic heterocycles. The maximum atomic E-state index is 13.3. The van der Waals surface area contributed by atoms with Crippen LogP contribution < -0.4 is 18.9 Å². The van der Waals surface area contributed by atoms with Gasteiger partial charge < -0.3 is 38.8 Å². The van der Waals surface area contributed by atoms with Crippen LogP contribution in [0.5, 0.6) is 28.7 Å². The number of benzene rings is 2. The van der Waals surface area contributed by atoms with Gasteiger partial charge in [0.25, 0.3) is 0 Å². The van der Waals surface area contributed by atoms with E-state index in [1.165, 1.54) is 19.1 Å². The van der Waals surface area contributed by atoms with Crippen molar-refractivity contribution in [1.82, 2.24) is 9.80 Å². The zero-order valence-corrected chi connectivity index (χ0v) is 21.1. The maximum Gasteiger partial charge on any atom is 0.407 e. The number of nitrogens with zero attached hydrogens (tertiary/aromatic N) is 2. The standard InChI is InChI=1S/C26H30N2O9/c1-27(2)5-6-28(26(31)32)23-15-10-18-17(36-12-37-18)9-14(15)21(22-16(23)11-35-25(22)30)13-7-19(33-3)24(29)20(8-13)34-4/h7-10,16,21-23,29H,5-6,11-12H2,1-4H3,(H,31,32)/t16-,21+,22+,23+/m0/s1. The molecule has 2 aromatic carbocycles. The molecule has 1 aliphatic carbocycles. The molecule has 1 fully saturated rings. The Labute approximate surface area is 214 Å². The first-order valence-corrected chi connectivity index (χ1v) is 11.9. The lowest BCUT2D eigenvalue weighted by Crippen LogP contribution is -2.47. The summed E-state index contributed by atoms with van der Waals surface area (Å²) in [5.74, 6) is -0.808. The summed E-state index contributed by atoms with van der Waals surface area (Å²) < 4.78 is 27.6. The van der Waals surface area contributed by atoms with Gasteiger partial charge in [-0.15, -0.1) is 0 Å². The van der Waals surface area contributed by atoms with E-state index in [1.54, 1.807) is 12.1 Å². The van der Waals surface area contributed by atoms with Crippen molar-refractivity contribution in [2.24, 2.45) is 11.8 Å². The van der Waals surface area contributed by atoms with Crippen molar-refractivity contribution in [1.29, 1.82) is 0 Å². The molecule has 5 rings (SSSR count). The highest BCUT2D eigenvalue weighted by atomic mass is 16.7. The van der Waals surface area contributed by atoms with Crippen LogP contribution in [-0.4, -0.2) is 86.9 Å². The van der Waals surface area contributed by atoms with E-state index in [0.717, 1.165) is 11.1 Å². The number of hydrogen-bond acceptors (Lipinski definition) is 9. The van der Waals surface area contributed by atoms with Crippen LogP contribution in [0.1, 0.15) is 28.7 Å². The smallest absolute Gasteiger partial charge is 0.407 e. The Morgan fingerprint density at radius 3 is 2.19 bits per heavy atom. The van der Waals surface area contributed by atoms with E-state index in [0.29, 0.717) is 23.6 Å². The van der Waals surface area contributed by atoms with Crippen molar-refractivity contribution in [3.63, 3.8) is 0 Å². The number of cyclic esters (lactones) is 1. The minimum atomic E-state index is -1.08. The number of rotatable bonds is 7. The van der Waals surface area contributed by atoms with Crippen LogP contribution in [0, 0.1) is 11.8 Å². The van der Waals surface area contributed by atoms with Gasteiger partial charge in [-0.2, -0.15) is 0 Å². The molecule has 198 valence electrons. The number of amides is 1. The van der Waals surface area contributed by atoms with Crippen molar-refractivity contribution >= 4 is 12.1 Å². The highest BCUT2D eigenvalue weighted by Gasteiger charge is 2.54. The van der Waals surface area contributed by atoms with Crippen LogP contribution in [0.4, 0.5) is 4.79 Å². The van der Waals surface area contributed by atoms with Gasteiger partial charge in [0.05, 0.1) is 32.8 Å². The minimum absolute atomic E-state index is 0.0482. The predicted octanol–water partition coefficient (Wildman–Crippen LogP) is 2.66. The number of carbonyl (C=O) groups excluding carboxylic acids is 1. The lowest BCUT2D eigenvalue weighted by molar-refractivity contribution is -0.141. The Morgan fingerprint density at radius 1 is 1.00 bits per heavy atom. The quantitative estimate of drug-likeness (QED) is 0.533. The molecular formula is C26H30N2O9. The number of aromatic hydroxyl groups is 1. The number of carboxylic acid groups (broad SMARTS) is 1. The normalized spacial score (nSPS) is 23.3. The molecule has 37 heavy (non-hydrogen) atoms. The molecule has 4 atom stereocenters. The topological polar surface area (TPSA) is 127 Å². The zero-order chi connectivity index (χ0) is 26.4. The van der Waals surface area contributed by atoms with Gasteiger partial charge in [-0.05, 0) is 55.1 Å². The van der Waals surface area contributed by atoms with Gasteiger partial charge >= 0.3 is 12.1 Å². The summed E-state index contributed by atoms with van der Waals surface area (Å²) in [7, 11) is 6.62. The van der Waals surface area contributed by atoms with Crippen LogP contribution in [0.2, 0.25) is 0 Å². The second-order valence-electron chi connectivity index (χ2n) is 9.63. The molecule has 1 amide bonds. The molecule has 0 saturated carbocycles. The van der Waals surface area contributed by atoms with Crippen molar-refractivity contribution in [3.05, 3.63) is 41.0 Å². The second kappa shape index (κ2) is 9.55. The number of phenolic OH excluding ortho intramolecular Hbond substituents is 1.